The molecule has 0 saturated carbocycles. The average molecular weight is 687 g/mol. The van der Waals surface area contributed by atoms with E-state index in [0.29, 0.717) is 5.95 Å². The van der Waals surface area contributed by atoms with Crippen LogP contribution in [0.15, 0.2) is 182 Å². The fourth-order valence-electron chi connectivity index (χ4n) is 8.78. The van der Waals surface area contributed by atoms with E-state index in [2.05, 4.69) is 191 Å². The number of benzene rings is 9. The zero-order valence-corrected chi connectivity index (χ0v) is 29.1. The van der Waals surface area contributed by atoms with Gasteiger partial charge >= 0.3 is 0 Å². The maximum atomic E-state index is 5.47. The first kappa shape index (κ1) is 29.3. The molecule has 0 bridgehead atoms. The quantitative estimate of drug-likeness (QED) is 0.185. The van der Waals surface area contributed by atoms with Gasteiger partial charge in [-0.15, -0.1) is 0 Å². The summed E-state index contributed by atoms with van der Waals surface area (Å²) < 4.78 is 4.69. The third-order valence-corrected chi connectivity index (χ3v) is 11.3. The number of para-hydroxylation sites is 2. The highest BCUT2D eigenvalue weighted by atomic mass is 15.2. The predicted molar refractivity (Wildman–Crippen MR) is 226 cm³/mol. The van der Waals surface area contributed by atoms with Crippen LogP contribution in [0.4, 0.5) is 0 Å². The molecule has 0 aliphatic rings. The molecular formula is C50H30N4. The molecule has 0 unspecified atom stereocenters. The lowest BCUT2D eigenvalue weighted by atomic mass is 10.0. The van der Waals surface area contributed by atoms with E-state index < -0.39 is 0 Å². The van der Waals surface area contributed by atoms with Crippen LogP contribution in [-0.2, 0) is 0 Å². The van der Waals surface area contributed by atoms with E-state index in [1.807, 2.05) is 0 Å². The third-order valence-electron chi connectivity index (χ3n) is 11.3. The Bertz CT molecular complexity index is 3510. The van der Waals surface area contributed by atoms with Crippen molar-refractivity contribution in [2.45, 2.75) is 0 Å². The van der Waals surface area contributed by atoms with Gasteiger partial charge in [-0.25, -0.2) is 9.97 Å². The summed E-state index contributed by atoms with van der Waals surface area (Å²) in [5.74, 6) is 0.650. The van der Waals surface area contributed by atoms with Crippen LogP contribution in [0.5, 0.6) is 0 Å². The lowest BCUT2D eigenvalue weighted by molar-refractivity contribution is 1.01. The summed E-state index contributed by atoms with van der Waals surface area (Å²) in [5, 5.41) is 13.2. The molecule has 12 rings (SSSR count). The normalized spacial score (nSPS) is 12.1. The molecule has 0 fully saturated rings. The Morgan fingerprint density at radius 3 is 1.83 bits per heavy atom. The lowest BCUT2D eigenvalue weighted by Crippen LogP contribution is -2.04. The molecule has 0 radical (unpaired) electrons. The van der Waals surface area contributed by atoms with Gasteiger partial charge in [-0.2, -0.15) is 0 Å². The lowest BCUT2D eigenvalue weighted by Gasteiger charge is -2.13. The van der Waals surface area contributed by atoms with Gasteiger partial charge in [0.15, 0.2) is 0 Å². The Hall–Kier alpha value is -7.30. The summed E-state index contributed by atoms with van der Waals surface area (Å²) in [5.41, 5.74) is 8.48. The smallest absolute Gasteiger partial charge is 0.235 e. The van der Waals surface area contributed by atoms with Gasteiger partial charge in [0.25, 0.3) is 0 Å². The highest BCUT2D eigenvalue weighted by molar-refractivity contribution is 6.22. The van der Waals surface area contributed by atoms with E-state index in [1.165, 1.54) is 64.9 Å². The Labute approximate surface area is 309 Å². The first-order valence-electron chi connectivity index (χ1n) is 18.4. The fraction of sp³-hybridized carbons (Fsp3) is 0. The number of nitrogens with zero attached hydrogens (tertiary/aromatic N) is 4. The van der Waals surface area contributed by atoms with Crippen molar-refractivity contribution in [3.8, 4) is 22.9 Å². The molecule has 0 atom stereocenters. The van der Waals surface area contributed by atoms with Gasteiger partial charge in [0.2, 0.25) is 5.95 Å². The zero-order valence-electron chi connectivity index (χ0n) is 29.1. The van der Waals surface area contributed by atoms with E-state index in [9.17, 15) is 0 Å². The van der Waals surface area contributed by atoms with Crippen LogP contribution < -0.4 is 0 Å². The van der Waals surface area contributed by atoms with Gasteiger partial charge in [0.05, 0.1) is 33.3 Å². The molecular weight excluding hydrogens is 657 g/mol. The number of aromatic nitrogens is 4. The fourth-order valence-corrected chi connectivity index (χ4v) is 8.78. The molecule has 0 saturated heterocycles. The molecule has 0 spiro atoms. The largest absolute Gasteiger partial charge is 0.309 e. The van der Waals surface area contributed by atoms with Crippen LogP contribution in [0.25, 0.3) is 110 Å². The van der Waals surface area contributed by atoms with Crippen LogP contribution in [0.2, 0.25) is 0 Å². The molecule has 250 valence electrons. The van der Waals surface area contributed by atoms with Crippen molar-refractivity contribution in [1.82, 2.24) is 19.1 Å². The maximum absolute atomic E-state index is 5.47. The highest BCUT2D eigenvalue weighted by Gasteiger charge is 2.21. The number of hydrogen-bond acceptors (Lipinski definition) is 2. The summed E-state index contributed by atoms with van der Waals surface area (Å²) in [7, 11) is 0. The van der Waals surface area contributed by atoms with E-state index in [1.54, 1.807) is 0 Å². The summed E-state index contributed by atoms with van der Waals surface area (Å²) in [6, 6.07) is 65.6. The highest BCUT2D eigenvalue weighted by Crippen LogP contribution is 2.40. The minimum absolute atomic E-state index is 0.650. The second-order valence-electron chi connectivity index (χ2n) is 14.2. The summed E-state index contributed by atoms with van der Waals surface area (Å²) in [4.78, 5) is 10.8. The number of fused-ring (bicyclic) bond motifs is 11. The van der Waals surface area contributed by atoms with Crippen LogP contribution >= 0.6 is 0 Å². The Balaban J connectivity index is 1.19. The Kier molecular flexibility index (Phi) is 6.02. The van der Waals surface area contributed by atoms with Gasteiger partial charge in [-0.3, -0.25) is 4.57 Å². The topological polar surface area (TPSA) is 35.6 Å². The molecule has 0 aliphatic carbocycles. The average Bonchev–Trinajstić information content (AvgIpc) is 3.74. The Morgan fingerprint density at radius 2 is 0.981 bits per heavy atom. The molecule has 3 heterocycles. The van der Waals surface area contributed by atoms with E-state index >= 15 is 0 Å². The van der Waals surface area contributed by atoms with Crippen molar-refractivity contribution in [3.05, 3.63) is 182 Å². The van der Waals surface area contributed by atoms with Crippen molar-refractivity contribution < 1.29 is 0 Å². The van der Waals surface area contributed by atoms with Gasteiger partial charge in [-0.05, 0) is 80.8 Å². The van der Waals surface area contributed by atoms with E-state index in [0.717, 1.165) is 38.9 Å². The molecule has 0 N–H and O–H groups in total. The second-order valence-corrected chi connectivity index (χ2v) is 14.2. The monoisotopic (exact) mass is 686 g/mol. The third kappa shape index (κ3) is 4.19. The van der Waals surface area contributed by atoms with Crippen LogP contribution in [0.1, 0.15) is 0 Å². The predicted octanol–water partition coefficient (Wildman–Crippen LogP) is 13.0. The molecule has 4 heteroatoms. The molecule has 0 aliphatic heterocycles. The van der Waals surface area contributed by atoms with Gasteiger partial charge in [0, 0.05) is 38.2 Å². The number of rotatable bonds is 3. The first-order valence-corrected chi connectivity index (χ1v) is 18.4. The SMILES string of the molecule is c1ccc2cc(-c3nc(-n4c5cc(-n6c7ccccc7c7cc8ccccc8cc76)ccc5c5c6ccccc6ccc54)nc4ccccc34)ccc2c1. The minimum Gasteiger partial charge on any atom is -0.309 e. The van der Waals surface area contributed by atoms with Crippen molar-refractivity contribution in [1.29, 1.82) is 0 Å². The van der Waals surface area contributed by atoms with Gasteiger partial charge in [-0.1, -0.05) is 133 Å². The van der Waals surface area contributed by atoms with Crippen molar-refractivity contribution in [3.63, 3.8) is 0 Å². The van der Waals surface area contributed by atoms with Crippen LogP contribution in [-0.4, -0.2) is 19.1 Å². The second kappa shape index (κ2) is 11.1. The van der Waals surface area contributed by atoms with E-state index in [4.69, 9.17) is 9.97 Å². The summed E-state index contributed by atoms with van der Waals surface area (Å²) >= 11 is 0. The van der Waals surface area contributed by atoms with Gasteiger partial charge in [0.1, 0.15) is 0 Å². The molecule has 0 amide bonds. The standard InChI is InChI=1S/C50H30N4/c1-2-13-33-27-36(22-21-31(33)11-1)49-40-18-7-9-19-43(40)51-50(52-49)54-45-26-23-32-12-5-6-16-38(32)48(45)41-25-24-37(30-47(41)54)53-44-20-10-8-17-39(44)42-28-34-14-3-4-15-35(34)29-46(42)53/h1-30H. The summed E-state index contributed by atoms with van der Waals surface area (Å²) in [6.45, 7) is 0. The molecule has 12 aromatic rings. The molecule has 3 aromatic heterocycles. The minimum atomic E-state index is 0.650. The first-order chi connectivity index (χ1) is 26.8. The van der Waals surface area contributed by atoms with E-state index in [-0.39, 0.29) is 0 Å². The maximum Gasteiger partial charge on any atom is 0.235 e. The molecule has 54 heavy (non-hydrogen) atoms. The zero-order chi connectivity index (χ0) is 35.3. The number of hydrogen-bond donors (Lipinski definition) is 0. The molecule has 9 aromatic carbocycles. The van der Waals surface area contributed by atoms with Crippen molar-refractivity contribution in [2.75, 3.05) is 0 Å². The van der Waals surface area contributed by atoms with Gasteiger partial charge < -0.3 is 4.57 Å². The van der Waals surface area contributed by atoms with Crippen LogP contribution in [0.3, 0.4) is 0 Å². The van der Waals surface area contributed by atoms with Crippen molar-refractivity contribution >= 4 is 86.8 Å². The molecule has 4 nitrogen and oxygen atoms in total. The summed E-state index contributed by atoms with van der Waals surface area (Å²) in [6.07, 6.45) is 0. The Morgan fingerprint density at radius 1 is 0.333 bits per heavy atom. The van der Waals surface area contributed by atoms with Crippen LogP contribution in [0, 0.1) is 0 Å². The van der Waals surface area contributed by atoms with Crippen molar-refractivity contribution in [2.24, 2.45) is 0 Å².